The summed E-state index contributed by atoms with van der Waals surface area (Å²) >= 11 is 12.4. The van der Waals surface area contributed by atoms with E-state index >= 15 is 0 Å². The topological polar surface area (TPSA) is 64.8 Å². The van der Waals surface area contributed by atoms with Crippen LogP contribution in [0, 0.1) is 0 Å². The van der Waals surface area contributed by atoms with Crippen LogP contribution in [0.25, 0.3) is 0 Å². The van der Waals surface area contributed by atoms with E-state index < -0.39 is 0 Å². The van der Waals surface area contributed by atoms with Gasteiger partial charge in [-0.05, 0) is 56.4 Å². The van der Waals surface area contributed by atoms with Gasteiger partial charge >= 0.3 is 0 Å². The van der Waals surface area contributed by atoms with Crippen LogP contribution in [0.1, 0.15) is 15.9 Å². The maximum absolute atomic E-state index is 12.6. The average Bonchev–Trinajstić information content (AvgIpc) is 2.74. The zero-order valence-corrected chi connectivity index (χ0v) is 19.7. The normalized spacial score (nSPS) is 14.8. The lowest BCUT2D eigenvalue weighted by molar-refractivity contribution is 0.0954. The summed E-state index contributed by atoms with van der Waals surface area (Å²) in [6, 6.07) is 10.9. The molecule has 2 aromatic carbocycles. The molecule has 3 rings (SSSR count). The van der Waals surface area contributed by atoms with Crippen molar-refractivity contribution in [1.29, 1.82) is 0 Å². The Kier molecular flexibility index (Phi) is 8.43. The van der Waals surface area contributed by atoms with Crippen molar-refractivity contribution in [1.82, 2.24) is 15.1 Å². The first kappa shape index (κ1) is 23.7. The summed E-state index contributed by atoms with van der Waals surface area (Å²) in [5.74, 6) is -0.157. The van der Waals surface area contributed by atoms with E-state index in [4.69, 9.17) is 28.9 Å². The molecule has 0 saturated carbocycles. The minimum atomic E-state index is -0.157. The number of halogens is 2. The Morgan fingerprint density at radius 3 is 2.39 bits per heavy atom. The summed E-state index contributed by atoms with van der Waals surface area (Å²) in [4.78, 5) is 19.5. The number of carbonyl (C=O) groups excluding carboxylic acids is 1. The SMILES string of the molecule is CN(C)CCN1CCN(c2ccc(C(=O)NCCc3c(Cl)cccc3Cl)cc2N)CC1. The molecule has 1 aliphatic heterocycles. The lowest BCUT2D eigenvalue weighted by Crippen LogP contribution is -2.48. The zero-order chi connectivity index (χ0) is 22.4. The number of rotatable bonds is 8. The second-order valence-electron chi connectivity index (χ2n) is 8.11. The van der Waals surface area contributed by atoms with E-state index in [0.717, 1.165) is 50.5 Å². The van der Waals surface area contributed by atoms with Crippen LogP contribution in [-0.4, -0.2) is 75.6 Å². The van der Waals surface area contributed by atoms with E-state index in [2.05, 4.69) is 34.1 Å². The van der Waals surface area contributed by atoms with Crippen molar-refractivity contribution in [3.05, 3.63) is 57.6 Å². The van der Waals surface area contributed by atoms with Gasteiger partial charge in [0.2, 0.25) is 0 Å². The van der Waals surface area contributed by atoms with Gasteiger partial charge < -0.3 is 20.9 Å². The summed E-state index contributed by atoms with van der Waals surface area (Å²) in [5, 5.41) is 4.14. The molecule has 1 amide bonds. The van der Waals surface area contributed by atoms with E-state index in [1.54, 1.807) is 24.3 Å². The maximum Gasteiger partial charge on any atom is 0.251 e. The second kappa shape index (κ2) is 11.0. The number of nitrogens with one attached hydrogen (secondary N) is 1. The number of carbonyl (C=O) groups is 1. The molecule has 0 spiro atoms. The van der Waals surface area contributed by atoms with Gasteiger partial charge in [0.15, 0.2) is 0 Å². The molecule has 0 atom stereocenters. The van der Waals surface area contributed by atoms with Crippen LogP contribution in [0.4, 0.5) is 11.4 Å². The van der Waals surface area contributed by atoms with E-state index in [1.165, 1.54) is 0 Å². The molecule has 0 bridgehead atoms. The van der Waals surface area contributed by atoms with Crippen molar-refractivity contribution < 1.29 is 4.79 Å². The number of nitrogens with two attached hydrogens (primary N) is 1. The first-order valence-corrected chi connectivity index (χ1v) is 11.3. The Morgan fingerprint density at radius 1 is 1.10 bits per heavy atom. The quantitative estimate of drug-likeness (QED) is 0.588. The van der Waals surface area contributed by atoms with Crippen LogP contribution in [0.3, 0.4) is 0 Å². The molecule has 168 valence electrons. The maximum atomic E-state index is 12.6. The Labute approximate surface area is 194 Å². The molecule has 1 saturated heterocycles. The number of benzene rings is 2. The van der Waals surface area contributed by atoms with Crippen molar-refractivity contribution in [2.75, 3.05) is 70.5 Å². The minimum absolute atomic E-state index is 0.157. The smallest absolute Gasteiger partial charge is 0.251 e. The monoisotopic (exact) mass is 463 g/mol. The predicted octanol–water partition coefficient (Wildman–Crippen LogP) is 3.23. The molecule has 2 aromatic rings. The third-order valence-corrected chi connectivity index (χ3v) is 6.30. The number of hydrogen-bond acceptors (Lipinski definition) is 5. The predicted molar refractivity (Wildman–Crippen MR) is 131 cm³/mol. The minimum Gasteiger partial charge on any atom is -0.397 e. The summed E-state index contributed by atoms with van der Waals surface area (Å²) in [6.07, 6.45) is 0.565. The van der Waals surface area contributed by atoms with E-state index in [0.29, 0.717) is 34.3 Å². The Balaban J connectivity index is 1.52. The van der Waals surface area contributed by atoms with Crippen molar-refractivity contribution in [3.8, 4) is 0 Å². The molecule has 8 heteroatoms. The van der Waals surface area contributed by atoms with Crippen LogP contribution in [0.5, 0.6) is 0 Å². The molecule has 6 nitrogen and oxygen atoms in total. The number of hydrogen-bond donors (Lipinski definition) is 2. The van der Waals surface area contributed by atoms with Crippen molar-refractivity contribution in [2.24, 2.45) is 0 Å². The number of piperazine rings is 1. The second-order valence-corrected chi connectivity index (χ2v) is 8.93. The molecule has 1 heterocycles. The lowest BCUT2D eigenvalue weighted by atomic mass is 10.1. The van der Waals surface area contributed by atoms with Gasteiger partial charge in [-0.15, -0.1) is 0 Å². The summed E-state index contributed by atoms with van der Waals surface area (Å²) in [7, 11) is 4.20. The van der Waals surface area contributed by atoms with Gasteiger partial charge in [-0.1, -0.05) is 29.3 Å². The van der Waals surface area contributed by atoms with Gasteiger partial charge in [0.1, 0.15) is 0 Å². The number of likely N-dealkylation sites (N-methyl/N-ethyl adjacent to an activating group) is 1. The largest absolute Gasteiger partial charge is 0.397 e. The van der Waals surface area contributed by atoms with Gasteiger partial charge in [0.25, 0.3) is 5.91 Å². The van der Waals surface area contributed by atoms with E-state index in [9.17, 15) is 4.79 Å². The van der Waals surface area contributed by atoms with Crippen molar-refractivity contribution in [2.45, 2.75) is 6.42 Å². The summed E-state index contributed by atoms with van der Waals surface area (Å²) in [6.45, 7) is 6.48. The third kappa shape index (κ3) is 6.50. The number of amides is 1. The number of nitrogen functional groups attached to an aromatic ring is 1. The molecule has 31 heavy (non-hydrogen) atoms. The molecular formula is C23H31Cl2N5O. The standard InChI is InChI=1S/C23H31Cl2N5O/c1-28(2)10-11-29-12-14-30(15-13-29)22-7-6-17(16-21(22)26)23(31)27-9-8-18-19(24)4-3-5-20(18)25/h3-7,16H,8-15,26H2,1-2H3,(H,27,31). The van der Waals surface area contributed by atoms with Gasteiger partial charge in [0.05, 0.1) is 11.4 Å². The Morgan fingerprint density at radius 2 is 1.77 bits per heavy atom. The first-order chi connectivity index (χ1) is 14.8. The fourth-order valence-corrected chi connectivity index (χ4v) is 4.30. The molecule has 0 radical (unpaired) electrons. The van der Waals surface area contributed by atoms with Gasteiger partial charge in [0, 0.05) is 61.4 Å². The Bertz CT molecular complexity index is 877. The van der Waals surface area contributed by atoms with E-state index in [-0.39, 0.29) is 5.91 Å². The zero-order valence-electron chi connectivity index (χ0n) is 18.2. The van der Waals surface area contributed by atoms with E-state index in [1.807, 2.05) is 12.1 Å². The Hall–Kier alpha value is -1.99. The van der Waals surface area contributed by atoms with Gasteiger partial charge in [-0.25, -0.2) is 0 Å². The van der Waals surface area contributed by atoms with Crippen molar-refractivity contribution >= 4 is 40.5 Å². The number of nitrogens with zero attached hydrogens (tertiary/aromatic N) is 3. The molecule has 1 fully saturated rings. The molecule has 0 unspecified atom stereocenters. The summed E-state index contributed by atoms with van der Waals surface area (Å²) in [5.41, 5.74) is 9.32. The highest BCUT2D eigenvalue weighted by Crippen LogP contribution is 2.26. The van der Waals surface area contributed by atoms with Crippen molar-refractivity contribution in [3.63, 3.8) is 0 Å². The molecule has 0 aromatic heterocycles. The van der Waals surface area contributed by atoms with Crippen LogP contribution in [-0.2, 0) is 6.42 Å². The van der Waals surface area contributed by atoms with Crippen LogP contribution in [0.15, 0.2) is 36.4 Å². The fraction of sp³-hybridized carbons (Fsp3) is 0.435. The van der Waals surface area contributed by atoms with Crippen LogP contribution < -0.4 is 16.0 Å². The van der Waals surface area contributed by atoms with Gasteiger partial charge in [-0.3, -0.25) is 9.69 Å². The number of anilines is 2. The highest BCUT2D eigenvalue weighted by Gasteiger charge is 2.19. The fourth-order valence-electron chi connectivity index (χ4n) is 3.71. The lowest BCUT2D eigenvalue weighted by Gasteiger charge is -2.37. The highest BCUT2D eigenvalue weighted by molar-refractivity contribution is 6.36. The third-order valence-electron chi connectivity index (χ3n) is 5.59. The highest BCUT2D eigenvalue weighted by atomic mass is 35.5. The van der Waals surface area contributed by atoms with Gasteiger partial charge in [-0.2, -0.15) is 0 Å². The molecule has 3 N–H and O–H groups in total. The molecular weight excluding hydrogens is 433 g/mol. The average molecular weight is 464 g/mol. The van der Waals surface area contributed by atoms with Crippen LogP contribution in [0.2, 0.25) is 10.0 Å². The van der Waals surface area contributed by atoms with Crippen LogP contribution >= 0.6 is 23.2 Å². The molecule has 1 aliphatic rings. The molecule has 0 aliphatic carbocycles. The summed E-state index contributed by atoms with van der Waals surface area (Å²) < 4.78 is 0. The first-order valence-electron chi connectivity index (χ1n) is 10.6.